The Bertz CT molecular complexity index is 857. The standard InChI is InChI=1S/C16H19FN6O2S/c1-10-4-5-15(20-19-10)18-12-9-14(26(25)21-16(2)6-7-16)11(17)8-13(12)23(3)22-24/h4-5,8-9,21H,6-7H2,1-3H3,(H,18,20). The summed E-state index contributed by atoms with van der Waals surface area (Å²) < 4.78 is 30.0. The van der Waals surface area contributed by atoms with Crippen LogP contribution >= 0.6 is 0 Å². The van der Waals surface area contributed by atoms with Crippen molar-refractivity contribution in [3.63, 3.8) is 0 Å². The number of anilines is 3. The smallest absolute Gasteiger partial charge is 0.153 e. The van der Waals surface area contributed by atoms with Gasteiger partial charge in [-0.25, -0.2) is 18.3 Å². The summed E-state index contributed by atoms with van der Waals surface area (Å²) in [5.74, 6) is -0.285. The first-order valence-corrected chi connectivity index (χ1v) is 9.14. The Morgan fingerprint density at radius 3 is 2.62 bits per heavy atom. The van der Waals surface area contributed by atoms with Crippen LogP contribution in [0.5, 0.6) is 0 Å². The van der Waals surface area contributed by atoms with Crippen molar-refractivity contribution < 1.29 is 8.60 Å². The van der Waals surface area contributed by atoms with Crippen molar-refractivity contribution in [2.45, 2.75) is 37.1 Å². The van der Waals surface area contributed by atoms with Crippen LogP contribution in [0.2, 0.25) is 0 Å². The van der Waals surface area contributed by atoms with Crippen molar-refractivity contribution in [2.75, 3.05) is 17.4 Å². The lowest BCUT2D eigenvalue weighted by molar-refractivity contribution is 0.586. The van der Waals surface area contributed by atoms with Crippen LogP contribution in [0.3, 0.4) is 0 Å². The zero-order valence-corrected chi connectivity index (χ0v) is 15.4. The van der Waals surface area contributed by atoms with E-state index in [2.05, 4.69) is 25.5 Å². The highest BCUT2D eigenvalue weighted by atomic mass is 32.2. The minimum atomic E-state index is -1.73. The molecule has 0 spiro atoms. The summed E-state index contributed by atoms with van der Waals surface area (Å²) >= 11 is 0. The van der Waals surface area contributed by atoms with E-state index in [9.17, 15) is 13.5 Å². The predicted molar refractivity (Wildman–Crippen MR) is 97.8 cm³/mol. The maximum Gasteiger partial charge on any atom is 0.153 e. The van der Waals surface area contributed by atoms with Crippen LogP contribution in [0.25, 0.3) is 0 Å². The predicted octanol–water partition coefficient (Wildman–Crippen LogP) is 2.95. The second-order valence-electron chi connectivity index (χ2n) is 6.52. The van der Waals surface area contributed by atoms with Crippen LogP contribution in [-0.2, 0) is 11.0 Å². The summed E-state index contributed by atoms with van der Waals surface area (Å²) in [7, 11) is -0.329. The molecule has 8 nitrogen and oxygen atoms in total. The van der Waals surface area contributed by atoms with Gasteiger partial charge in [0.1, 0.15) is 16.8 Å². The van der Waals surface area contributed by atoms with Crippen LogP contribution in [0.1, 0.15) is 25.5 Å². The van der Waals surface area contributed by atoms with E-state index >= 15 is 0 Å². The SMILES string of the molecule is Cc1ccc(Nc2cc(S(=O)NC3(C)CC3)c(F)cc2N(C)N=O)nn1. The van der Waals surface area contributed by atoms with Crippen LogP contribution in [0, 0.1) is 17.6 Å². The first kappa shape index (κ1) is 18.3. The lowest BCUT2D eigenvalue weighted by Gasteiger charge is -2.18. The fourth-order valence-corrected chi connectivity index (χ4v) is 3.49. The summed E-state index contributed by atoms with van der Waals surface area (Å²) in [4.78, 5) is 10.9. The second kappa shape index (κ2) is 7.04. The number of nitrogens with zero attached hydrogens (tertiary/aromatic N) is 4. The van der Waals surface area contributed by atoms with Gasteiger partial charge in [-0.05, 0) is 44.9 Å². The third kappa shape index (κ3) is 4.02. The summed E-state index contributed by atoms with van der Waals surface area (Å²) in [6, 6.07) is 5.97. The second-order valence-corrected chi connectivity index (χ2v) is 7.70. The van der Waals surface area contributed by atoms with Gasteiger partial charge in [-0.2, -0.15) is 5.10 Å². The van der Waals surface area contributed by atoms with E-state index in [0.717, 1.165) is 29.6 Å². The molecule has 10 heteroatoms. The van der Waals surface area contributed by atoms with Crippen molar-refractivity contribution in [2.24, 2.45) is 5.29 Å². The number of nitroso groups, excluding NO2 is 1. The van der Waals surface area contributed by atoms with Gasteiger partial charge >= 0.3 is 0 Å². The molecule has 1 atom stereocenters. The number of hydrogen-bond donors (Lipinski definition) is 2. The molecule has 2 aromatic rings. The summed E-state index contributed by atoms with van der Waals surface area (Å²) in [5.41, 5.74) is 1.05. The van der Waals surface area contributed by atoms with Crippen LogP contribution < -0.4 is 15.0 Å². The first-order chi connectivity index (χ1) is 12.3. The molecule has 0 aliphatic heterocycles. The largest absolute Gasteiger partial charge is 0.337 e. The fourth-order valence-electron chi connectivity index (χ4n) is 2.27. The molecule has 1 aromatic heterocycles. The van der Waals surface area contributed by atoms with E-state index in [4.69, 9.17) is 0 Å². The van der Waals surface area contributed by atoms with E-state index in [0.29, 0.717) is 11.5 Å². The maximum absolute atomic E-state index is 14.5. The molecule has 2 N–H and O–H groups in total. The first-order valence-electron chi connectivity index (χ1n) is 7.99. The molecule has 1 saturated carbocycles. The van der Waals surface area contributed by atoms with Gasteiger partial charge in [0.25, 0.3) is 0 Å². The van der Waals surface area contributed by atoms with Gasteiger partial charge < -0.3 is 5.32 Å². The van der Waals surface area contributed by atoms with Crippen molar-refractivity contribution in [1.29, 1.82) is 0 Å². The molecule has 1 heterocycles. The van der Waals surface area contributed by atoms with Crippen molar-refractivity contribution in [3.8, 4) is 0 Å². The number of aromatic nitrogens is 2. The molecule has 3 rings (SSSR count). The Hall–Kier alpha value is -2.46. The van der Waals surface area contributed by atoms with Gasteiger partial charge in [0, 0.05) is 18.7 Å². The van der Waals surface area contributed by atoms with Crippen molar-refractivity contribution >= 4 is 28.2 Å². The molecule has 1 aliphatic carbocycles. The Kier molecular flexibility index (Phi) is 4.97. The van der Waals surface area contributed by atoms with Gasteiger partial charge in [0.2, 0.25) is 0 Å². The number of aryl methyl sites for hydroxylation is 1. The highest BCUT2D eigenvalue weighted by molar-refractivity contribution is 7.83. The Labute approximate surface area is 152 Å². The molecule has 1 fully saturated rings. The van der Waals surface area contributed by atoms with Gasteiger partial charge in [0.05, 0.1) is 27.3 Å². The van der Waals surface area contributed by atoms with E-state index < -0.39 is 16.8 Å². The Balaban J connectivity index is 1.97. The highest BCUT2D eigenvalue weighted by Gasteiger charge is 2.39. The van der Waals surface area contributed by atoms with E-state index in [1.165, 1.54) is 13.1 Å². The fraction of sp³-hybridized carbons (Fsp3) is 0.375. The van der Waals surface area contributed by atoms with E-state index in [1.807, 2.05) is 6.92 Å². The molecule has 1 unspecified atom stereocenters. The summed E-state index contributed by atoms with van der Waals surface area (Å²) in [6.45, 7) is 3.73. The van der Waals surface area contributed by atoms with E-state index in [1.54, 1.807) is 19.1 Å². The lowest BCUT2D eigenvalue weighted by Crippen LogP contribution is -2.30. The summed E-state index contributed by atoms with van der Waals surface area (Å²) in [6.07, 6.45) is 1.78. The van der Waals surface area contributed by atoms with Crippen LogP contribution in [0.4, 0.5) is 21.6 Å². The number of benzene rings is 1. The lowest BCUT2D eigenvalue weighted by atomic mass is 10.2. The molecule has 0 radical (unpaired) electrons. The minimum Gasteiger partial charge on any atom is -0.337 e. The van der Waals surface area contributed by atoms with Gasteiger partial charge in [-0.3, -0.25) is 0 Å². The van der Waals surface area contributed by atoms with Crippen molar-refractivity contribution in [3.05, 3.63) is 40.7 Å². The van der Waals surface area contributed by atoms with E-state index in [-0.39, 0.29) is 16.1 Å². The number of halogens is 1. The Morgan fingerprint density at radius 2 is 2.04 bits per heavy atom. The van der Waals surface area contributed by atoms with Gasteiger partial charge in [-0.1, -0.05) is 0 Å². The average Bonchev–Trinajstić information content (AvgIpc) is 3.34. The number of rotatable bonds is 7. The third-order valence-corrected chi connectivity index (χ3v) is 5.51. The molecule has 0 bridgehead atoms. The van der Waals surface area contributed by atoms with Gasteiger partial charge in [0.15, 0.2) is 5.82 Å². The minimum absolute atomic E-state index is 0.0104. The zero-order valence-electron chi connectivity index (χ0n) is 14.6. The quantitative estimate of drug-likeness (QED) is 0.568. The zero-order chi connectivity index (χ0) is 18.9. The number of hydrogen-bond acceptors (Lipinski definition) is 6. The molecule has 138 valence electrons. The molecular formula is C16H19FN6O2S. The topological polar surface area (TPSA) is 99.6 Å². The molecule has 0 saturated heterocycles. The molecule has 1 aliphatic rings. The molecule has 0 amide bonds. The normalized spacial score (nSPS) is 16.0. The third-order valence-electron chi connectivity index (χ3n) is 4.12. The maximum atomic E-state index is 14.5. The van der Waals surface area contributed by atoms with Gasteiger partial charge in [-0.15, -0.1) is 10.0 Å². The molecular weight excluding hydrogens is 359 g/mol. The monoisotopic (exact) mass is 378 g/mol. The van der Waals surface area contributed by atoms with Crippen LogP contribution in [0.15, 0.2) is 34.4 Å². The number of nitrogens with one attached hydrogen (secondary N) is 2. The average molecular weight is 378 g/mol. The van der Waals surface area contributed by atoms with Crippen molar-refractivity contribution in [1.82, 2.24) is 14.9 Å². The summed E-state index contributed by atoms with van der Waals surface area (Å²) in [5, 5.41) is 14.7. The molecule has 26 heavy (non-hydrogen) atoms. The van der Waals surface area contributed by atoms with Crippen LogP contribution in [-0.4, -0.2) is 27.0 Å². The Morgan fingerprint density at radius 1 is 1.31 bits per heavy atom. The molecule has 1 aromatic carbocycles. The highest BCUT2D eigenvalue weighted by Crippen LogP contribution is 2.37.